The summed E-state index contributed by atoms with van der Waals surface area (Å²) in [4.78, 5) is 7.48. The number of rotatable bonds is 7. The second-order valence-corrected chi connectivity index (χ2v) is 4.34. The van der Waals surface area contributed by atoms with Crippen LogP contribution < -0.4 is 5.32 Å². The number of likely N-dealkylation sites (N-methyl/N-ethyl adjacent to an activating group) is 1. The van der Waals surface area contributed by atoms with E-state index in [1.165, 1.54) is 0 Å². The minimum atomic E-state index is 0.414. The molecule has 2 rings (SSSR count). The molecule has 5 nitrogen and oxygen atoms in total. The largest absolute Gasteiger partial charge is 0.359 e. The van der Waals surface area contributed by atoms with Crippen LogP contribution in [0.4, 0.5) is 0 Å². The average Bonchev–Trinajstić information content (AvgIpc) is 2.98. The van der Waals surface area contributed by atoms with Crippen molar-refractivity contribution in [2.75, 3.05) is 6.54 Å². The molecule has 2 heterocycles. The molecule has 2 aromatic rings. The molecule has 0 radical (unpaired) electrons. The maximum Gasteiger partial charge on any atom is 0.228 e. The molecule has 98 valence electrons. The van der Waals surface area contributed by atoms with E-state index in [1.807, 2.05) is 18.3 Å². The van der Waals surface area contributed by atoms with E-state index >= 15 is 0 Å². The molecule has 0 aliphatic carbocycles. The predicted octanol–water partition coefficient (Wildman–Crippen LogP) is 2.39. The summed E-state index contributed by atoms with van der Waals surface area (Å²) in [5.41, 5.74) is 0.889. The van der Waals surface area contributed by atoms with Crippen LogP contribution in [0.2, 0.25) is 0 Å². The van der Waals surface area contributed by atoms with E-state index in [0.29, 0.717) is 17.8 Å². The van der Waals surface area contributed by atoms with Gasteiger partial charge in [0.2, 0.25) is 11.7 Å². The molecule has 0 bridgehead atoms. The number of hydrogen-bond donors (Lipinski definition) is 2. The third-order valence-electron chi connectivity index (χ3n) is 2.86. The van der Waals surface area contributed by atoms with Gasteiger partial charge in [-0.15, -0.1) is 0 Å². The highest BCUT2D eigenvalue weighted by molar-refractivity contribution is 5.47. The van der Waals surface area contributed by atoms with Gasteiger partial charge in [0.1, 0.15) is 0 Å². The first-order valence-corrected chi connectivity index (χ1v) is 6.53. The fourth-order valence-corrected chi connectivity index (χ4v) is 2.04. The SMILES string of the molecule is CCCC(Cc1nc(-c2ccc[nH]2)no1)NCC. The van der Waals surface area contributed by atoms with Gasteiger partial charge >= 0.3 is 0 Å². The predicted molar refractivity (Wildman–Crippen MR) is 70.2 cm³/mol. The Labute approximate surface area is 107 Å². The summed E-state index contributed by atoms with van der Waals surface area (Å²) in [7, 11) is 0. The molecule has 0 aliphatic heterocycles. The molecule has 0 aromatic carbocycles. The smallest absolute Gasteiger partial charge is 0.228 e. The lowest BCUT2D eigenvalue weighted by molar-refractivity contribution is 0.352. The van der Waals surface area contributed by atoms with Crippen LogP contribution in [-0.4, -0.2) is 27.7 Å². The van der Waals surface area contributed by atoms with Gasteiger partial charge < -0.3 is 14.8 Å². The summed E-state index contributed by atoms with van der Waals surface area (Å²) >= 11 is 0. The molecular formula is C13H20N4O. The van der Waals surface area contributed by atoms with Crippen molar-refractivity contribution in [1.82, 2.24) is 20.4 Å². The van der Waals surface area contributed by atoms with Crippen molar-refractivity contribution in [3.8, 4) is 11.5 Å². The van der Waals surface area contributed by atoms with Gasteiger partial charge in [0.05, 0.1) is 5.69 Å². The summed E-state index contributed by atoms with van der Waals surface area (Å²) in [6.07, 6.45) is 4.91. The van der Waals surface area contributed by atoms with E-state index in [0.717, 1.165) is 31.5 Å². The first kappa shape index (κ1) is 12.8. The van der Waals surface area contributed by atoms with Crippen molar-refractivity contribution in [2.24, 2.45) is 0 Å². The van der Waals surface area contributed by atoms with E-state index < -0.39 is 0 Å². The van der Waals surface area contributed by atoms with Crippen molar-refractivity contribution in [1.29, 1.82) is 0 Å². The number of aromatic amines is 1. The molecule has 0 saturated heterocycles. The molecule has 0 spiro atoms. The van der Waals surface area contributed by atoms with Crippen LogP contribution in [0.15, 0.2) is 22.9 Å². The van der Waals surface area contributed by atoms with Crippen LogP contribution in [0.1, 0.15) is 32.6 Å². The van der Waals surface area contributed by atoms with Crippen LogP contribution in [0, 0.1) is 0 Å². The number of hydrogen-bond acceptors (Lipinski definition) is 4. The molecule has 1 atom stereocenters. The highest BCUT2D eigenvalue weighted by atomic mass is 16.5. The Morgan fingerprint density at radius 2 is 2.33 bits per heavy atom. The summed E-state index contributed by atoms with van der Waals surface area (Å²) in [6.45, 7) is 5.26. The van der Waals surface area contributed by atoms with Gasteiger partial charge in [-0.05, 0) is 25.1 Å². The fourth-order valence-electron chi connectivity index (χ4n) is 2.04. The molecule has 2 N–H and O–H groups in total. The van der Waals surface area contributed by atoms with Gasteiger partial charge in [0.25, 0.3) is 0 Å². The molecular weight excluding hydrogens is 228 g/mol. The zero-order valence-corrected chi connectivity index (χ0v) is 10.9. The van der Waals surface area contributed by atoms with Crippen LogP contribution >= 0.6 is 0 Å². The lowest BCUT2D eigenvalue weighted by Gasteiger charge is -2.14. The maximum absolute atomic E-state index is 5.29. The third-order valence-corrected chi connectivity index (χ3v) is 2.86. The summed E-state index contributed by atoms with van der Waals surface area (Å²) in [5, 5.41) is 7.43. The summed E-state index contributed by atoms with van der Waals surface area (Å²) in [6, 6.07) is 4.27. The van der Waals surface area contributed by atoms with Crippen molar-refractivity contribution < 1.29 is 4.52 Å². The Morgan fingerprint density at radius 1 is 1.44 bits per heavy atom. The monoisotopic (exact) mass is 248 g/mol. The van der Waals surface area contributed by atoms with Gasteiger partial charge in [0.15, 0.2) is 0 Å². The van der Waals surface area contributed by atoms with Gasteiger partial charge in [-0.3, -0.25) is 0 Å². The minimum Gasteiger partial charge on any atom is -0.359 e. The number of aromatic nitrogens is 3. The standard InChI is InChI=1S/C13H20N4O/c1-3-6-10(14-4-2)9-12-16-13(17-18-12)11-7-5-8-15-11/h5,7-8,10,14-15H,3-4,6,9H2,1-2H3. The number of nitrogens with zero attached hydrogens (tertiary/aromatic N) is 2. The van der Waals surface area contributed by atoms with Gasteiger partial charge in [-0.1, -0.05) is 25.4 Å². The van der Waals surface area contributed by atoms with Crippen LogP contribution in [0.3, 0.4) is 0 Å². The molecule has 5 heteroatoms. The molecule has 0 saturated carbocycles. The molecule has 18 heavy (non-hydrogen) atoms. The fraction of sp³-hybridized carbons (Fsp3) is 0.538. The second-order valence-electron chi connectivity index (χ2n) is 4.34. The normalized spacial score (nSPS) is 12.8. The highest BCUT2D eigenvalue weighted by Crippen LogP contribution is 2.14. The molecule has 0 amide bonds. The van der Waals surface area contributed by atoms with Gasteiger partial charge in [-0.2, -0.15) is 4.98 Å². The molecule has 0 aliphatic rings. The summed E-state index contributed by atoms with van der Waals surface area (Å²) in [5.74, 6) is 1.32. The van der Waals surface area contributed by atoms with Crippen LogP contribution in [0.25, 0.3) is 11.5 Å². The number of H-pyrrole nitrogens is 1. The zero-order chi connectivity index (χ0) is 12.8. The zero-order valence-electron chi connectivity index (χ0n) is 10.9. The van der Waals surface area contributed by atoms with E-state index in [-0.39, 0.29) is 0 Å². The quantitative estimate of drug-likeness (QED) is 0.789. The Balaban J connectivity index is 2.01. The van der Waals surface area contributed by atoms with Gasteiger partial charge in [-0.25, -0.2) is 0 Å². The van der Waals surface area contributed by atoms with Crippen molar-refractivity contribution in [2.45, 2.75) is 39.2 Å². The first-order chi connectivity index (χ1) is 8.83. The molecule has 1 unspecified atom stereocenters. The number of nitrogens with one attached hydrogen (secondary N) is 2. The average molecular weight is 248 g/mol. The highest BCUT2D eigenvalue weighted by Gasteiger charge is 2.14. The Hall–Kier alpha value is -1.62. The van der Waals surface area contributed by atoms with E-state index in [4.69, 9.17) is 4.52 Å². The molecule has 0 fully saturated rings. The van der Waals surface area contributed by atoms with Gasteiger partial charge in [0, 0.05) is 18.7 Å². The van der Waals surface area contributed by atoms with Crippen LogP contribution in [0.5, 0.6) is 0 Å². The second kappa shape index (κ2) is 6.35. The van der Waals surface area contributed by atoms with E-state index in [2.05, 4.69) is 34.3 Å². The lowest BCUT2D eigenvalue weighted by Crippen LogP contribution is -2.30. The third kappa shape index (κ3) is 3.20. The maximum atomic E-state index is 5.29. The van der Waals surface area contributed by atoms with E-state index in [1.54, 1.807) is 0 Å². The minimum absolute atomic E-state index is 0.414. The Kier molecular flexibility index (Phi) is 4.52. The topological polar surface area (TPSA) is 66.7 Å². The Morgan fingerprint density at radius 3 is 3.00 bits per heavy atom. The van der Waals surface area contributed by atoms with Crippen molar-refractivity contribution in [3.05, 3.63) is 24.2 Å². The first-order valence-electron chi connectivity index (χ1n) is 6.53. The summed E-state index contributed by atoms with van der Waals surface area (Å²) < 4.78 is 5.29. The lowest BCUT2D eigenvalue weighted by atomic mass is 10.1. The Bertz CT molecular complexity index is 443. The van der Waals surface area contributed by atoms with Crippen molar-refractivity contribution in [3.63, 3.8) is 0 Å². The van der Waals surface area contributed by atoms with Crippen molar-refractivity contribution >= 4 is 0 Å². The van der Waals surface area contributed by atoms with E-state index in [9.17, 15) is 0 Å². The molecule has 2 aromatic heterocycles. The van der Waals surface area contributed by atoms with Crippen LogP contribution in [-0.2, 0) is 6.42 Å².